The summed E-state index contributed by atoms with van der Waals surface area (Å²) < 4.78 is 11.6. The van der Waals surface area contributed by atoms with Gasteiger partial charge < -0.3 is 9.47 Å². The average molecular weight is 439 g/mol. The van der Waals surface area contributed by atoms with Gasteiger partial charge in [-0.05, 0) is 84.1 Å². The van der Waals surface area contributed by atoms with Gasteiger partial charge >= 0.3 is 5.97 Å². The van der Waals surface area contributed by atoms with Crippen LogP contribution < -0.4 is 4.74 Å². The molecule has 0 fully saturated rings. The molecule has 2 aromatic rings. The van der Waals surface area contributed by atoms with Crippen LogP contribution >= 0.6 is 10.0 Å². The Hall–Kier alpha value is -2.38. The lowest BCUT2D eigenvalue weighted by molar-refractivity contribution is -0.150. The van der Waals surface area contributed by atoms with E-state index in [4.69, 9.17) is 9.47 Å². The molecule has 3 unspecified atom stereocenters. The van der Waals surface area contributed by atoms with E-state index >= 15 is 0 Å². The monoisotopic (exact) mass is 438 g/mol. The minimum atomic E-state index is -0.662. The zero-order chi connectivity index (χ0) is 22.4. The Labute approximate surface area is 189 Å². The molecule has 0 aliphatic heterocycles. The van der Waals surface area contributed by atoms with Crippen molar-refractivity contribution in [1.29, 1.82) is 0 Å². The molecular weight excluding hydrogens is 404 g/mol. The molecule has 3 atom stereocenters. The predicted octanol–water partition coefficient (Wildman–Crippen LogP) is 5.78. The van der Waals surface area contributed by atoms with Crippen molar-refractivity contribution in [3.8, 4) is 5.75 Å². The number of ether oxygens (including phenoxy) is 2. The van der Waals surface area contributed by atoms with Crippen molar-refractivity contribution in [2.75, 3.05) is 31.1 Å². The summed E-state index contributed by atoms with van der Waals surface area (Å²) in [5.41, 5.74) is 3.44. The van der Waals surface area contributed by atoms with Crippen molar-refractivity contribution >= 4 is 21.6 Å². The molecule has 166 valence electrons. The zero-order valence-electron chi connectivity index (χ0n) is 19.3. The topological polar surface area (TPSA) is 35.5 Å². The fraction of sp³-hybridized carbons (Fsp3) is 0.444. The van der Waals surface area contributed by atoms with E-state index in [2.05, 4.69) is 63.0 Å². The number of carbonyl (C=O) groups is 1. The van der Waals surface area contributed by atoms with Gasteiger partial charge in [0.2, 0.25) is 0 Å². The van der Waals surface area contributed by atoms with Gasteiger partial charge in [-0.15, -0.1) is 0 Å². The standard InChI is InChI=1S/C27H34O3S/c1-6-22-18-25(20(2)26(22)27(28)29-16-17-31(3,4)5)23-12-14-24(15-13-23)30-19-21-10-8-7-9-11-21/h8,10-15,18,20,22,26H,6,16-17,19H2,1-5H3. The van der Waals surface area contributed by atoms with Crippen LogP contribution in [0.1, 0.15) is 31.4 Å². The van der Waals surface area contributed by atoms with E-state index in [0.717, 1.165) is 29.1 Å². The molecule has 3 nitrogen and oxygen atoms in total. The molecule has 0 N–H and O–H groups in total. The van der Waals surface area contributed by atoms with Crippen LogP contribution in [0.3, 0.4) is 0 Å². The second-order valence-electron chi connectivity index (χ2n) is 9.13. The van der Waals surface area contributed by atoms with Crippen LogP contribution in [0.5, 0.6) is 5.75 Å². The van der Waals surface area contributed by atoms with Crippen LogP contribution in [-0.2, 0) is 16.1 Å². The lowest BCUT2D eigenvalue weighted by Gasteiger charge is -2.26. The molecule has 0 radical (unpaired) electrons. The van der Waals surface area contributed by atoms with Crippen LogP contribution in [0.2, 0.25) is 0 Å². The Morgan fingerprint density at radius 3 is 2.45 bits per heavy atom. The van der Waals surface area contributed by atoms with Gasteiger partial charge in [0, 0.05) is 5.75 Å². The molecule has 0 heterocycles. The fourth-order valence-electron chi connectivity index (χ4n) is 4.03. The molecule has 1 aliphatic rings. The maximum atomic E-state index is 12.9. The Morgan fingerprint density at radius 2 is 1.84 bits per heavy atom. The first-order chi connectivity index (χ1) is 14.8. The van der Waals surface area contributed by atoms with Gasteiger partial charge in [0.05, 0.1) is 12.5 Å². The quantitative estimate of drug-likeness (QED) is 0.466. The van der Waals surface area contributed by atoms with Crippen LogP contribution in [0.15, 0.2) is 48.5 Å². The largest absolute Gasteiger partial charge is 0.489 e. The second kappa shape index (κ2) is 10.3. The van der Waals surface area contributed by atoms with Crippen LogP contribution in [0.4, 0.5) is 0 Å². The molecule has 4 heteroatoms. The molecule has 0 amide bonds. The Balaban J connectivity index is 1.63. The van der Waals surface area contributed by atoms with E-state index in [1.807, 2.05) is 30.3 Å². The van der Waals surface area contributed by atoms with E-state index in [1.165, 1.54) is 5.57 Å². The summed E-state index contributed by atoms with van der Waals surface area (Å²) in [6.07, 6.45) is 9.95. The number of hydrogen-bond donors (Lipinski definition) is 0. The molecule has 0 spiro atoms. The predicted molar refractivity (Wildman–Crippen MR) is 130 cm³/mol. The number of rotatable bonds is 9. The summed E-state index contributed by atoms with van der Waals surface area (Å²) in [7, 11) is -0.662. The SMILES string of the molecule is CCC1C=C(c2ccc(OCc3cc#ccc3)cc2)C(C)C1C(=O)OCCS(C)(C)C. The van der Waals surface area contributed by atoms with Crippen molar-refractivity contribution in [2.45, 2.75) is 26.9 Å². The number of esters is 1. The Morgan fingerprint density at radius 1 is 1.10 bits per heavy atom. The normalized spacial score (nSPS) is 21.2. The van der Waals surface area contributed by atoms with E-state index < -0.39 is 10.0 Å². The Bertz CT molecular complexity index is 881. The lowest BCUT2D eigenvalue weighted by Crippen LogP contribution is -2.28. The summed E-state index contributed by atoms with van der Waals surface area (Å²) in [6, 6.07) is 19.7. The third-order valence-corrected chi connectivity index (χ3v) is 7.27. The van der Waals surface area contributed by atoms with Crippen molar-refractivity contribution in [2.24, 2.45) is 17.8 Å². The van der Waals surface area contributed by atoms with Crippen molar-refractivity contribution < 1.29 is 14.3 Å². The maximum Gasteiger partial charge on any atom is 0.310 e. The highest BCUT2D eigenvalue weighted by Gasteiger charge is 2.39. The van der Waals surface area contributed by atoms with Crippen LogP contribution in [-0.4, -0.2) is 37.1 Å². The molecule has 0 bridgehead atoms. The van der Waals surface area contributed by atoms with Gasteiger partial charge in [0.15, 0.2) is 0 Å². The first-order valence-electron chi connectivity index (χ1n) is 10.9. The first-order valence-corrected chi connectivity index (χ1v) is 14.0. The molecule has 2 aromatic carbocycles. The van der Waals surface area contributed by atoms with Gasteiger partial charge in [0.1, 0.15) is 12.4 Å². The smallest absolute Gasteiger partial charge is 0.310 e. The summed E-state index contributed by atoms with van der Waals surface area (Å²) in [4.78, 5) is 12.9. The molecule has 0 aromatic heterocycles. The number of allylic oxidation sites excluding steroid dienone is 2. The molecule has 0 saturated carbocycles. The van der Waals surface area contributed by atoms with Crippen molar-refractivity contribution in [3.05, 3.63) is 71.8 Å². The average Bonchev–Trinajstić information content (AvgIpc) is 3.09. The first kappa shape index (κ1) is 23.3. The minimum absolute atomic E-state index is 0.0499. The summed E-state index contributed by atoms with van der Waals surface area (Å²) >= 11 is 0. The van der Waals surface area contributed by atoms with E-state index in [0.29, 0.717) is 13.2 Å². The van der Waals surface area contributed by atoms with Gasteiger partial charge in [0.25, 0.3) is 0 Å². The second-order valence-corrected chi connectivity index (χ2v) is 13.7. The van der Waals surface area contributed by atoms with Crippen molar-refractivity contribution in [1.82, 2.24) is 0 Å². The lowest BCUT2D eigenvalue weighted by atomic mass is 9.85. The van der Waals surface area contributed by atoms with Gasteiger partial charge in [-0.1, -0.05) is 44.2 Å². The highest BCUT2D eigenvalue weighted by atomic mass is 32.3. The van der Waals surface area contributed by atoms with E-state index in [9.17, 15) is 4.79 Å². The number of carbonyl (C=O) groups excluding carboxylic acids is 1. The van der Waals surface area contributed by atoms with Gasteiger partial charge in [-0.2, -0.15) is 0 Å². The summed E-state index contributed by atoms with van der Waals surface area (Å²) in [6.45, 7) is 5.32. The van der Waals surface area contributed by atoms with Gasteiger partial charge in [-0.25, -0.2) is 10.0 Å². The van der Waals surface area contributed by atoms with E-state index in [1.54, 1.807) is 0 Å². The minimum Gasteiger partial charge on any atom is -0.489 e. The van der Waals surface area contributed by atoms with E-state index in [-0.39, 0.29) is 23.7 Å². The molecule has 31 heavy (non-hydrogen) atoms. The summed E-state index contributed by atoms with van der Waals surface area (Å²) in [5, 5.41) is 0. The zero-order valence-corrected chi connectivity index (χ0v) is 20.1. The highest BCUT2D eigenvalue weighted by Crippen LogP contribution is 2.44. The third-order valence-electron chi connectivity index (χ3n) is 5.88. The molecule has 0 saturated heterocycles. The number of benzene rings is 1. The molecule has 1 aliphatic carbocycles. The molecular formula is C27H34O3S. The van der Waals surface area contributed by atoms with Crippen LogP contribution in [0.25, 0.3) is 5.57 Å². The van der Waals surface area contributed by atoms with Crippen LogP contribution in [0, 0.1) is 29.9 Å². The number of hydrogen-bond acceptors (Lipinski definition) is 3. The maximum absolute atomic E-state index is 12.9. The van der Waals surface area contributed by atoms with Crippen molar-refractivity contribution in [3.63, 3.8) is 0 Å². The summed E-state index contributed by atoms with van der Waals surface area (Å²) in [5.74, 6) is 2.00. The fourth-order valence-corrected chi connectivity index (χ4v) is 4.61. The molecule has 3 rings (SSSR count). The third kappa shape index (κ3) is 6.31. The highest BCUT2D eigenvalue weighted by molar-refractivity contribution is 8.32. The Kier molecular flexibility index (Phi) is 7.73. The van der Waals surface area contributed by atoms with Gasteiger partial charge in [-0.3, -0.25) is 4.79 Å².